The molecule has 0 fully saturated rings. The van der Waals surface area contributed by atoms with Crippen LogP contribution in [0.4, 0.5) is 0 Å². The molecule has 0 saturated carbocycles. The van der Waals surface area contributed by atoms with Crippen LogP contribution >= 0.6 is 23.2 Å². The van der Waals surface area contributed by atoms with Crippen molar-refractivity contribution in [3.8, 4) is 5.75 Å². The maximum Gasteiger partial charge on any atom is 0.261 e. The number of ether oxygens (including phenoxy) is 1. The Balaban J connectivity index is 2.23. The van der Waals surface area contributed by atoms with Crippen LogP contribution in [-0.4, -0.2) is 35.4 Å². The number of benzene rings is 2. The van der Waals surface area contributed by atoms with Crippen LogP contribution in [0.5, 0.6) is 5.75 Å². The average molecular weight is 465 g/mol. The first-order valence-corrected chi connectivity index (χ1v) is 11.3. The minimum atomic E-state index is -0.646. The summed E-state index contributed by atoms with van der Waals surface area (Å²) in [6.07, 6.45) is 1.39. The summed E-state index contributed by atoms with van der Waals surface area (Å²) in [5.74, 6) is 0.106. The Bertz CT molecular complexity index is 885. The molecule has 0 spiro atoms. The molecule has 2 rings (SSSR count). The van der Waals surface area contributed by atoms with E-state index in [0.717, 1.165) is 6.42 Å². The molecule has 31 heavy (non-hydrogen) atoms. The van der Waals surface area contributed by atoms with Gasteiger partial charge in [-0.2, -0.15) is 0 Å². The van der Waals surface area contributed by atoms with Crippen molar-refractivity contribution in [2.45, 2.75) is 59.2 Å². The smallest absolute Gasteiger partial charge is 0.261 e. The fraction of sp³-hybridized carbons (Fsp3) is 0.417. The summed E-state index contributed by atoms with van der Waals surface area (Å²) in [5.41, 5.74) is 1.90. The number of carbonyl (C=O) groups excluding carboxylic acids is 2. The number of amides is 2. The number of hydrogen-bond donors (Lipinski definition) is 1. The maximum absolute atomic E-state index is 13.2. The van der Waals surface area contributed by atoms with Crippen molar-refractivity contribution in [1.82, 2.24) is 10.2 Å². The van der Waals surface area contributed by atoms with Gasteiger partial charge in [0.2, 0.25) is 5.91 Å². The Labute approximate surface area is 194 Å². The molecule has 168 valence electrons. The summed E-state index contributed by atoms with van der Waals surface area (Å²) in [4.78, 5) is 27.5. The predicted molar refractivity (Wildman–Crippen MR) is 126 cm³/mol. The minimum Gasteiger partial charge on any atom is -0.484 e. The van der Waals surface area contributed by atoms with Crippen molar-refractivity contribution in [2.24, 2.45) is 0 Å². The quantitative estimate of drug-likeness (QED) is 0.520. The van der Waals surface area contributed by atoms with Crippen molar-refractivity contribution < 1.29 is 14.3 Å². The van der Waals surface area contributed by atoms with Gasteiger partial charge in [-0.15, -0.1) is 0 Å². The summed E-state index contributed by atoms with van der Waals surface area (Å²) in [6, 6.07) is 12.0. The van der Waals surface area contributed by atoms with E-state index in [9.17, 15) is 9.59 Å². The number of nitrogens with zero attached hydrogens (tertiary/aromatic N) is 1. The molecule has 5 nitrogen and oxygen atoms in total. The van der Waals surface area contributed by atoms with Gasteiger partial charge in [0, 0.05) is 22.6 Å². The number of carbonyl (C=O) groups is 2. The first-order chi connectivity index (χ1) is 14.7. The van der Waals surface area contributed by atoms with E-state index in [0.29, 0.717) is 27.8 Å². The lowest BCUT2D eigenvalue weighted by Crippen LogP contribution is -2.51. The molecule has 0 bridgehead atoms. The van der Waals surface area contributed by atoms with E-state index in [4.69, 9.17) is 27.9 Å². The molecule has 0 unspecified atom stereocenters. The lowest BCUT2D eigenvalue weighted by molar-refractivity contribution is -0.143. The summed E-state index contributed by atoms with van der Waals surface area (Å²) in [7, 11) is 0. The van der Waals surface area contributed by atoms with Gasteiger partial charge >= 0.3 is 0 Å². The molecule has 2 amide bonds. The van der Waals surface area contributed by atoms with Crippen molar-refractivity contribution in [3.63, 3.8) is 0 Å². The van der Waals surface area contributed by atoms with Crippen molar-refractivity contribution in [3.05, 3.63) is 63.6 Å². The molecule has 0 radical (unpaired) electrons. The fourth-order valence-electron chi connectivity index (χ4n) is 3.18. The number of halogens is 2. The lowest BCUT2D eigenvalue weighted by atomic mass is 10.1. The highest BCUT2D eigenvalue weighted by Gasteiger charge is 2.29. The molecular weight excluding hydrogens is 435 g/mol. The van der Waals surface area contributed by atoms with Crippen LogP contribution in [0.2, 0.25) is 10.0 Å². The van der Waals surface area contributed by atoms with Gasteiger partial charge in [0.25, 0.3) is 5.91 Å². The Morgan fingerprint density at radius 2 is 1.74 bits per heavy atom. The molecule has 2 aromatic rings. The highest BCUT2D eigenvalue weighted by atomic mass is 35.5. The van der Waals surface area contributed by atoms with E-state index in [1.807, 2.05) is 45.0 Å². The minimum absolute atomic E-state index is 0.0362. The van der Waals surface area contributed by atoms with Gasteiger partial charge in [-0.1, -0.05) is 55.2 Å². The van der Waals surface area contributed by atoms with Crippen LogP contribution < -0.4 is 10.1 Å². The molecule has 0 aliphatic heterocycles. The average Bonchev–Trinajstić information content (AvgIpc) is 2.73. The molecule has 0 saturated heterocycles. The van der Waals surface area contributed by atoms with E-state index >= 15 is 0 Å². The summed E-state index contributed by atoms with van der Waals surface area (Å²) < 4.78 is 5.71. The summed E-state index contributed by atoms with van der Waals surface area (Å²) in [6.45, 7) is 7.72. The lowest BCUT2D eigenvalue weighted by Gasteiger charge is -2.31. The standard InChI is InChI=1S/C24H30Cl2N2O3/c1-5-17-7-11-20(12-8-17)31-15-23(29)28(22(6-2)24(30)27-16(3)4)14-18-9-10-19(25)13-21(18)26/h7-13,16,22H,5-6,14-15H2,1-4H3,(H,27,30)/t22-/m0/s1. The third-order valence-electron chi connectivity index (χ3n) is 4.87. The van der Waals surface area contributed by atoms with Crippen LogP contribution in [-0.2, 0) is 22.6 Å². The van der Waals surface area contributed by atoms with Crippen LogP contribution in [0.15, 0.2) is 42.5 Å². The van der Waals surface area contributed by atoms with Crippen LogP contribution in [0.25, 0.3) is 0 Å². The van der Waals surface area contributed by atoms with E-state index in [1.54, 1.807) is 18.2 Å². The van der Waals surface area contributed by atoms with E-state index in [2.05, 4.69) is 12.2 Å². The zero-order chi connectivity index (χ0) is 23.0. The molecule has 0 aromatic heterocycles. The Hall–Kier alpha value is -2.24. The fourth-order valence-corrected chi connectivity index (χ4v) is 3.65. The molecular formula is C24H30Cl2N2O3. The Morgan fingerprint density at radius 1 is 1.06 bits per heavy atom. The third-order valence-corrected chi connectivity index (χ3v) is 5.45. The largest absolute Gasteiger partial charge is 0.484 e. The number of nitrogens with one attached hydrogen (secondary N) is 1. The second-order valence-corrected chi connectivity index (χ2v) is 8.47. The topological polar surface area (TPSA) is 58.6 Å². The van der Waals surface area contributed by atoms with E-state index in [-0.39, 0.29) is 31.0 Å². The summed E-state index contributed by atoms with van der Waals surface area (Å²) in [5, 5.41) is 3.85. The maximum atomic E-state index is 13.2. The molecule has 7 heteroatoms. The number of rotatable bonds is 10. The van der Waals surface area contributed by atoms with E-state index in [1.165, 1.54) is 10.5 Å². The molecule has 2 aromatic carbocycles. The second kappa shape index (κ2) is 12.0. The molecule has 0 heterocycles. The van der Waals surface area contributed by atoms with Gasteiger partial charge in [0.05, 0.1) is 0 Å². The molecule has 1 N–H and O–H groups in total. The highest BCUT2D eigenvalue weighted by molar-refractivity contribution is 6.35. The monoisotopic (exact) mass is 464 g/mol. The Kier molecular flexibility index (Phi) is 9.66. The third kappa shape index (κ3) is 7.44. The highest BCUT2D eigenvalue weighted by Crippen LogP contribution is 2.24. The molecule has 1 atom stereocenters. The first-order valence-electron chi connectivity index (χ1n) is 10.5. The second-order valence-electron chi connectivity index (χ2n) is 7.63. The first kappa shape index (κ1) is 25.0. The van der Waals surface area contributed by atoms with Gasteiger partial charge in [0.15, 0.2) is 6.61 Å². The van der Waals surface area contributed by atoms with Gasteiger partial charge < -0.3 is 15.0 Å². The SMILES string of the molecule is CCc1ccc(OCC(=O)N(Cc2ccc(Cl)cc2Cl)[C@@H](CC)C(=O)NC(C)C)cc1. The van der Waals surface area contributed by atoms with Crippen molar-refractivity contribution >= 4 is 35.0 Å². The van der Waals surface area contributed by atoms with Gasteiger partial charge in [-0.3, -0.25) is 9.59 Å². The van der Waals surface area contributed by atoms with Crippen LogP contribution in [0.3, 0.4) is 0 Å². The van der Waals surface area contributed by atoms with Gasteiger partial charge in [-0.05, 0) is 62.1 Å². The van der Waals surface area contributed by atoms with Crippen molar-refractivity contribution in [2.75, 3.05) is 6.61 Å². The van der Waals surface area contributed by atoms with E-state index < -0.39 is 6.04 Å². The molecule has 0 aliphatic carbocycles. The van der Waals surface area contributed by atoms with Crippen molar-refractivity contribution in [1.29, 1.82) is 0 Å². The van der Waals surface area contributed by atoms with Gasteiger partial charge in [-0.25, -0.2) is 0 Å². The van der Waals surface area contributed by atoms with Crippen LogP contribution in [0, 0.1) is 0 Å². The Morgan fingerprint density at radius 3 is 2.29 bits per heavy atom. The zero-order valence-corrected chi connectivity index (χ0v) is 20.0. The summed E-state index contributed by atoms with van der Waals surface area (Å²) >= 11 is 12.3. The number of hydrogen-bond acceptors (Lipinski definition) is 3. The molecule has 0 aliphatic rings. The van der Waals surface area contributed by atoms with Crippen LogP contribution in [0.1, 0.15) is 45.2 Å². The predicted octanol–water partition coefficient (Wildman–Crippen LogP) is 5.27. The van der Waals surface area contributed by atoms with Gasteiger partial charge in [0.1, 0.15) is 11.8 Å². The number of aryl methyl sites for hydroxylation is 1. The zero-order valence-electron chi connectivity index (χ0n) is 18.5. The normalized spacial score (nSPS) is 11.8.